The molecule has 1 aliphatic rings. The van der Waals surface area contributed by atoms with E-state index in [1.54, 1.807) is 0 Å². The van der Waals surface area contributed by atoms with Gasteiger partial charge < -0.3 is 0 Å². The number of carbonyl (C=O) groups excluding carboxylic acids is 2. The second kappa shape index (κ2) is 5.63. The van der Waals surface area contributed by atoms with Crippen LogP contribution in [0.5, 0.6) is 0 Å². The molecule has 0 radical (unpaired) electrons. The van der Waals surface area contributed by atoms with Gasteiger partial charge in [-0.1, -0.05) is 0 Å². The quantitative estimate of drug-likeness (QED) is 0.790. The molecule has 1 aliphatic heterocycles. The SMILES string of the molecule is CN1C(=O)CCC(NS(=O)(=O)c2ccc(C#N)cc2)C1=O. The number of nitriles is 1. The summed E-state index contributed by atoms with van der Waals surface area (Å²) >= 11 is 0. The highest BCUT2D eigenvalue weighted by atomic mass is 32.2. The lowest BCUT2D eigenvalue weighted by molar-refractivity contribution is -0.147. The number of likely N-dealkylation sites (N-methyl/N-ethyl adjacent to an activating group) is 1. The van der Waals surface area contributed by atoms with Gasteiger partial charge >= 0.3 is 0 Å². The molecule has 110 valence electrons. The van der Waals surface area contributed by atoms with Crippen molar-refractivity contribution in [1.82, 2.24) is 9.62 Å². The van der Waals surface area contributed by atoms with E-state index in [1.165, 1.54) is 31.3 Å². The van der Waals surface area contributed by atoms with Crippen LogP contribution < -0.4 is 4.72 Å². The van der Waals surface area contributed by atoms with Crippen molar-refractivity contribution < 1.29 is 18.0 Å². The predicted molar refractivity (Wildman–Crippen MR) is 72.3 cm³/mol. The number of hydrogen-bond acceptors (Lipinski definition) is 5. The molecule has 1 saturated heterocycles. The van der Waals surface area contributed by atoms with E-state index in [-0.39, 0.29) is 23.6 Å². The Morgan fingerprint density at radius 3 is 2.48 bits per heavy atom. The average molecular weight is 307 g/mol. The molecule has 1 fully saturated rings. The third-order valence-electron chi connectivity index (χ3n) is 3.24. The van der Waals surface area contributed by atoms with E-state index in [2.05, 4.69) is 4.72 Å². The Balaban J connectivity index is 2.19. The molecule has 2 rings (SSSR count). The maximum absolute atomic E-state index is 12.2. The Hall–Kier alpha value is -2.24. The van der Waals surface area contributed by atoms with Gasteiger partial charge in [0.2, 0.25) is 21.8 Å². The van der Waals surface area contributed by atoms with Gasteiger partial charge in [0.05, 0.1) is 16.5 Å². The van der Waals surface area contributed by atoms with Crippen LogP contribution in [-0.2, 0) is 19.6 Å². The summed E-state index contributed by atoms with van der Waals surface area (Å²) in [5.41, 5.74) is 0.341. The van der Waals surface area contributed by atoms with Gasteiger partial charge in [0.15, 0.2) is 0 Å². The normalized spacial score (nSPS) is 19.4. The molecule has 1 aromatic carbocycles. The zero-order chi connectivity index (χ0) is 15.6. The standard InChI is InChI=1S/C13H13N3O4S/c1-16-12(17)7-6-11(13(16)18)15-21(19,20)10-4-2-9(8-14)3-5-10/h2-5,11,15H,6-7H2,1H3. The number of sulfonamides is 1. The van der Waals surface area contributed by atoms with E-state index in [4.69, 9.17) is 5.26 Å². The van der Waals surface area contributed by atoms with Crippen LogP contribution in [-0.4, -0.2) is 38.2 Å². The van der Waals surface area contributed by atoms with Crippen LogP contribution in [0.4, 0.5) is 0 Å². The number of nitrogens with one attached hydrogen (secondary N) is 1. The van der Waals surface area contributed by atoms with Crippen LogP contribution in [0.3, 0.4) is 0 Å². The second-order valence-corrected chi connectivity index (χ2v) is 6.35. The minimum Gasteiger partial charge on any atom is -0.284 e. The number of benzene rings is 1. The molecule has 0 aliphatic carbocycles. The summed E-state index contributed by atoms with van der Waals surface area (Å²) in [7, 11) is -2.55. The highest BCUT2D eigenvalue weighted by Crippen LogP contribution is 2.16. The number of hydrogen-bond donors (Lipinski definition) is 1. The Morgan fingerprint density at radius 2 is 1.90 bits per heavy atom. The van der Waals surface area contributed by atoms with Crippen LogP contribution in [0, 0.1) is 11.3 Å². The van der Waals surface area contributed by atoms with Gasteiger partial charge in [0, 0.05) is 13.5 Å². The molecule has 1 aromatic rings. The van der Waals surface area contributed by atoms with Crippen molar-refractivity contribution >= 4 is 21.8 Å². The molecule has 1 unspecified atom stereocenters. The third kappa shape index (κ3) is 3.09. The zero-order valence-electron chi connectivity index (χ0n) is 11.2. The predicted octanol–water partition coefficient (Wildman–Crippen LogP) is -0.0160. The molecule has 0 spiro atoms. The Bertz CT molecular complexity index is 719. The van der Waals surface area contributed by atoms with Crippen molar-refractivity contribution in [2.75, 3.05) is 7.05 Å². The number of piperidine rings is 1. The van der Waals surface area contributed by atoms with Gasteiger partial charge in [-0.15, -0.1) is 0 Å². The van der Waals surface area contributed by atoms with E-state index in [0.717, 1.165) is 4.90 Å². The Morgan fingerprint density at radius 1 is 1.29 bits per heavy atom. The summed E-state index contributed by atoms with van der Waals surface area (Å²) < 4.78 is 26.7. The van der Waals surface area contributed by atoms with E-state index >= 15 is 0 Å². The van der Waals surface area contributed by atoms with Crippen LogP contribution in [0.15, 0.2) is 29.2 Å². The Kier molecular flexibility index (Phi) is 4.06. The lowest BCUT2D eigenvalue weighted by atomic mass is 10.1. The van der Waals surface area contributed by atoms with Gasteiger partial charge in [-0.05, 0) is 30.7 Å². The van der Waals surface area contributed by atoms with Crippen LogP contribution in [0.1, 0.15) is 18.4 Å². The summed E-state index contributed by atoms with van der Waals surface area (Å²) in [4.78, 5) is 24.1. The topological polar surface area (TPSA) is 107 Å². The highest BCUT2D eigenvalue weighted by molar-refractivity contribution is 7.89. The minimum atomic E-state index is -3.88. The first kappa shape index (κ1) is 15.2. The molecule has 0 aromatic heterocycles. The van der Waals surface area contributed by atoms with Crippen LogP contribution in [0.2, 0.25) is 0 Å². The molecule has 1 N–H and O–H groups in total. The van der Waals surface area contributed by atoms with E-state index < -0.39 is 22.0 Å². The van der Waals surface area contributed by atoms with E-state index in [9.17, 15) is 18.0 Å². The summed E-state index contributed by atoms with van der Waals surface area (Å²) in [6.07, 6.45) is 0.250. The van der Waals surface area contributed by atoms with Crippen LogP contribution >= 0.6 is 0 Å². The average Bonchev–Trinajstić information content (AvgIpc) is 2.48. The summed E-state index contributed by atoms with van der Waals surface area (Å²) in [5.74, 6) is -0.891. The minimum absolute atomic E-state index is 0.0335. The molecule has 0 bridgehead atoms. The molecule has 8 heteroatoms. The number of amides is 2. The largest absolute Gasteiger partial charge is 0.284 e. The third-order valence-corrected chi connectivity index (χ3v) is 4.73. The zero-order valence-corrected chi connectivity index (χ0v) is 12.1. The number of likely N-dealkylation sites (tertiary alicyclic amines) is 1. The van der Waals surface area contributed by atoms with Crippen molar-refractivity contribution in [3.05, 3.63) is 29.8 Å². The number of imide groups is 1. The van der Waals surface area contributed by atoms with Crippen LogP contribution in [0.25, 0.3) is 0 Å². The fourth-order valence-corrected chi connectivity index (χ4v) is 3.21. The van der Waals surface area contributed by atoms with Gasteiger partial charge in [-0.25, -0.2) is 8.42 Å². The first-order valence-electron chi connectivity index (χ1n) is 6.18. The Labute approximate surface area is 122 Å². The number of carbonyl (C=O) groups is 2. The van der Waals surface area contributed by atoms with Crippen molar-refractivity contribution in [2.24, 2.45) is 0 Å². The number of nitrogens with zero attached hydrogens (tertiary/aromatic N) is 2. The molecular formula is C13H13N3O4S. The molecular weight excluding hydrogens is 294 g/mol. The van der Waals surface area contributed by atoms with Crippen molar-refractivity contribution in [2.45, 2.75) is 23.8 Å². The summed E-state index contributed by atoms with van der Waals surface area (Å²) in [6, 6.07) is 6.29. The molecule has 0 saturated carbocycles. The first-order chi connectivity index (χ1) is 9.85. The molecule has 7 nitrogen and oxygen atoms in total. The van der Waals surface area contributed by atoms with Crippen molar-refractivity contribution in [1.29, 1.82) is 5.26 Å². The maximum Gasteiger partial charge on any atom is 0.247 e. The van der Waals surface area contributed by atoms with Gasteiger partial charge in [0.25, 0.3) is 0 Å². The monoisotopic (exact) mass is 307 g/mol. The molecule has 1 atom stereocenters. The summed E-state index contributed by atoms with van der Waals surface area (Å²) in [5, 5.41) is 8.68. The first-order valence-corrected chi connectivity index (χ1v) is 7.66. The fourth-order valence-electron chi connectivity index (χ4n) is 1.99. The molecule has 21 heavy (non-hydrogen) atoms. The highest BCUT2D eigenvalue weighted by Gasteiger charge is 2.34. The fraction of sp³-hybridized carbons (Fsp3) is 0.308. The molecule has 1 heterocycles. The van der Waals surface area contributed by atoms with E-state index in [0.29, 0.717) is 5.56 Å². The summed E-state index contributed by atoms with van der Waals surface area (Å²) in [6.45, 7) is 0. The maximum atomic E-state index is 12.2. The van der Waals surface area contributed by atoms with Gasteiger partial charge in [-0.2, -0.15) is 9.98 Å². The lowest BCUT2D eigenvalue weighted by Crippen LogP contribution is -2.52. The van der Waals surface area contributed by atoms with Crippen molar-refractivity contribution in [3.8, 4) is 6.07 Å². The smallest absolute Gasteiger partial charge is 0.247 e. The van der Waals surface area contributed by atoms with Gasteiger partial charge in [0.1, 0.15) is 6.04 Å². The van der Waals surface area contributed by atoms with Gasteiger partial charge in [-0.3, -0.25) is 14.5 Å². The second-order valence-electron chi connectivity index (χ2n) is 4.64. The number of rotatable bonds is 3. The van der Waals surface area contributed by atoms with E-state index in [1.807, 2.05) is 6.07 Å². The molecule has 2 amide bonds. The lowest BCUT2D eigenvalue weighted by Gasteiger charge is -2.27. The van der Waals surface area contributed by atoms with Crippen molar-refractivity contribution in [3.63, 3.8) is 0 Å².